The average Bonchev–Trinajstić information content (AvgIpc) is 2.95. The standard InChI is InChI=1S/C30H40N4O6/c1-19-15-34(20(2)18-35)29(37)24-5-4-6-25(32-28(36)22-11-13-31-14-12-22)27(24)40-26(19)17-33(3)16-21-7-9-23(10-8-21)30(38)39/h4-10,19-20,22,26,31,35H,11-18H2,1-3H3,(H,32,36)(H,38,39)/t19-,20+,26+/m1/s1. The highest BCUT2D eigenvalue weighted by atomic mass is 16.5. The number of para-hydroxylation sites is 1. The van der Waals surface area contributed by atoms with Gasteiger partial charge in [-0.1, -0.05) is 25.1 Å². The molecule has 4 N–H and O–H groups in total. The van der Waals surface area contributed by atoms with Crippen molar-refractivity contribution in [2.75, 3.05) is 45.2 Å². The summed E-state index contributed by atoms with van der Waals surface area (Å²) in [6.45, 7) is 6.74. The van der Waals surface area contributed by atoms with Gasteiger partial charge < -0.3 is 30.5 Å². The van der Waals surface area contributed by atoms with Crippen LogP contribution >= 0.6 is 0 Å². The molecule has 1 saturated heterocycles. The predicted octanol–water partition coefficient (Wildman–Crippen LogP) is 2.68. The zero-order valence-corrected chi connectivity index (χ0v) is 23.4. The number of benzene rings is 2. The molecule has 2 amide bonds. The van der Waals surface area contributed by atoms with E-state index in [4.69, 9.17) is 4.74 Å². The Morgan fingerprint density at radius 1 is 1.18 bits per heavy atom. The first-order valence-electron chi connectivity index (χ1n) is 13.9. The summed E-state index contributed by atoms with van der Waals surface area (Å²) >= 11 is 0. The monoisotopic (exact) mass is 552 g/mol. The molecule has 0 aromatic heterocycles. The lowest BCUT2D eigenvalue weighted by atomic mass is 9.96. The quantitative estimate of drug-likeness (QED) is 0.374. The fraction of sp³-hybridized carbons (Fsp3) is 0.500. The minimum atomic E-state index is -0.963. The Morgan fingerprint density at radius 3 is 2.52 bits per heavy atom. The van der Waals surface area contributed by atoms with Crippen LogP contribution in [0, 0.1) is 11.8 Å². The fourth-order valence-electron chi connectivity index (χ4n) is 5.31. The van der Waals surface area contributed by atoms with Crippen LogP contribution in [0.15, 0.2) is 42.5 Å². The van der Waals surface area contributed by atoms with Gasteiger partial charge >= 0.3 is 5.97 Å². The Hall–Kier alpha value is -3.47. The Morgan fingerprint density at radius 2 is 1.88 bits per heavy atom. The normalized spacial score (nSPS) is 20.7. The van der Waals surface area contributed by atoms with Gasteiger partial charge in [-0.25, -0.2) is 4.79 Å². The lowest BCUT2D eigenvalue weighted by Gasteiger charge is -2.38. The van der Waals surface area contributed by atoms with Crippen LogP contribution in [-0.2, 0) is 11.3 Å². The smallest absolute Gasteiger partial charge is 0.335 e. The van der Waals surface area contributed by atoms with Crippen LogP contribution in [-0.4, -0.2) is 89.8 Å². The molecular weight excluding hydrogens is 512 g/mol. The topological polar surface area (TPSA) is 131 Å². The largest absolute Gasteiger partial charge is 0.486 e. The van der Waals surface area contributed by atoms with Gasteiger partial charge in [0.25, 0.3) is 5.91 Å². The number of carboxylic acid groups (broad SMARTS) is 1. The first kappa shape index (κ1) is 29.5. The van der Waals surface area contributed by atoms with Crippen LogP contribution in [0.1, 0.15) is 53.0 Å². The molecule has 2 aliphatic heterocycles. The highest BCUT2D eigenvalue weighted by molar-refractivity contribution is 6.02. The number of nitrogens with one attached hydrogen (secondary N) is 2. The lowest BCUT2D eigenvalue weighted by molar-refractivity contribution is -0.120. The highest BCUT2D eigenvalue weighted by Gasteiger charge is 2.35. The van der Waals surface area contributed by atoms with Gasteiger partial charge in [-0.05, 0) is 69.7 Å². The minimum Gasteiger partial charge on any atom is -0.486 e. The summed E-state index contributed by atoms with van der Waals surface area (Å²) in [7, 11) is 1.96. The second kappa shape index (κ2) is 13.3. The molecule has 10 nitrogen and oxygen atoms in total. The van der Waals surface area contributed by atoms with Crippen LogP contribution in [0.5, 0.6) is 5.75 Å². The number of anilines is 1. The van der Waals surface area contributed by atoms with Crippen molar-refractivity contribution in [3.63, 3.8) is 0 Å². The summed E-state index contributed by atoms with van der Waals surface area (Å²) in [6, 6.07) is 11.6. The fourth-order valence-corrected chi connectivity index (χ4v) is 5.31. The summed E-state index contributed by atoms with van der Waals surface area (Å²) < 4.78 is 6.60. The molecule has 0 spiro atoms. The van der Waals surface area contributed by atoms with Crippen molar-refractivity contribution in [1.29, 1.82) is 0 Å². The molecule has 0 radical (unpaired) electrons. The van der Waals surface area contributed by atoms with Crippen molar-refractivity contribution in [1.82, 2.24) is 15.1 Å². The van der Waals surface area contributed by atoms with Crippen molar-refractivity contribution in [2.45, 2.75) is 45.4 Å². The maximum atomic E-state index is 13.7. The number of fused-ring (bicyclic) bond motifs is 1. The molecule has 2 aromatic carbocycles. The highest BCUT2D eigenvalue weighted by Crippen LogP contribution is 2.35. The van der Waals surface area contributed by atoms with Crippen molar-refractivity contribution < 1.29 is 29.3 Å². The second-order valence-corrected chi connectivity index (χ2v) is 11.0. The molecule has 2 aliphatic rings. The summed E-state index contributed by atoms with van der Waals surface area (Å²) in [5, 5.41) is 25.4. The van der Waals surface area contributed by atoms with E-state index in [-0.39, 0.29) is 48.0 Å². The molecule has 10 heteroatoms. The molecule has 0 aliphatic carbocycles. The van der Waals surface area contributed by atoms with Crippen LogP contribution in [0.4, 0.5) is 5.69 Å². The number of carbonyl (C=O) groups excluding carboxylic acids is 2. The number of aromatic carboxylic acids is 1. The van der Waals surface area contributed by atoms with Gasteiger partial charge in [0, 0.05) is 31.5 Å². The van der Waals surface area contributed by atoms with Crippen LogP contribution in [0.2, 0.25) is 0 Å². The number of likely N-dealkylation sites (N-methyl/N-ethyl adjacent to an activating group) is 1. The van der Waals surface area contributed by atoms with Crippen molar-refractivity contribution in [3.8, 4) is 5.75 Å². The number of ether oxygens (including phenoxy) is 1. The zero-order valence-electron chi connectivity index (χ0n) is 23.4. The molecule has 0 saturated carbocycles. The molecule has 40 heavy (non-hydrogen) atoms. The van der Waals surface area contributed by atoms with E-state index in [0.29, 0.717) is 36.6 Å². The van der Waals surface area contributed by atoms with E-state index in [9.17, 15) is 24.6 Å². The minimum absolute atomic E-state index is 0.0832. The molecule has 1 fully saturated rings. The van der Waals surface area contributed by atoms with E-state index < -0.39 is 5.97 Å². The second-order valence-electron chi connectivity index (χ2n) is 11.0. The number of carbonyl (C=O) groups is 3. The number of aliphatic hydroxyl groups excluding tert-OH is 1. The number of rotatable bonds is 9. The molecule has 3 atom stereocenters. The van der Waals surface area contributed by atoms with Gasteiger partial charge in [-0.3, -0.25) is 14.5 Å². The summed E-state index contributed by atoms with van der Waals surface area (Å²) in [5.74, 6) is -1.14. The molecule has 216 valence electrons. The molecule has 0 unspecified atom stereocenters. The first-order valence-corrected chi connectivity index (χ1v) is 13.9. The first-order chi connectivity index (χ1) is 19.2. The summed E-state index contributed by atoms with van der Waals surface area (Å²) in [4.78, 5) is 41.8. The van der Waals surface area contributed by atoms with Crippen LogP contribution < -0.4 is 15.4 Å². The molecule has 0 bridgehead atoms. The summed E-state index contributed by atoms with van der Waals surface area (Å²) in [5.41, 5.74) is 2.03. The van der Waals surface area contributed by atoms with Crippen LogP contribution in [0.25, 0.3) is 0 Å². The lowest BCUT2D eigenvalue weighted by Crippen LogP contribution is -2.49. The number of hydrogen-bond donors (Lipinski definition) is 4. The van der Waals surface area contributed by atoms with E-state index in [1.807, 2.05) is 20.9 Å². The van der Waals surface area contributed by atoms with E-state index in [1.165, 1.54) is 0 Å². The summed E-state index contributed by atoms with van der Waals surface area (Å²) in [6.07, 6.45) is 1.17. The van der Waals surface area contributed by atoms with Gasteiger partial charge in [-0.15, -0.1) is 0 Å². The number of nitrogens with zero attached hydrogens (tertiary/aromatic N) is 2. The Kier molecular flexibility index (Phi) is 9.78. The van der Waals surface area contributed by atoms with Gasteiger partial charge in [0.2, 0.25) is 5.91 Å². The van der Waals surface area contributed by atoms with Gasteiger partial charge in [0.05, 0.1) is 29.5 Å². The molecular formula is C30H40N4O6. The van der Waals surface area contributed by atoms with Crippen molar-refractivity contribution >= 4 is 23.5 Å². The van der Waals surface area contributed by atoms with Gasteiger partial charge in [0.15, 0.2) is 5.75 Å². The number of aliphatic hydroxyl groups is 1. The van der Waals surface area contributed by atoms with E-state index >= 15 is 0 Å². The predicted molar refractivity (Wildman–Crippen MR) is 152 cm³/mol. The van der Waals surface area contributed by atoms with E-state index in [1.54, 1.807) is 47.4 Å². The number of piperidine rings is 1. The zero-order chi connectivity index (χ0) is 28.8. The third-order valence-electron chi connectivity index (χ3n) is 7.80. The van der Waals surface area contributed by atoms with Crippen molar-refractivity contribution in [2.24, 2.45) is 11.8 Å². The molecule has 2 heterocycles. The van der Waals surface area contributed by atoms with Gasteiger partial charge in [0.1, 0.15) is 6.10 Å². The van der Waals surface area contributed by atoms with Crippen LogP contribution in [0.3, 0.4) is 0 Å². The maximum Gasteiger partial charge on any atom is 0.335 e. The Labute approximate surface area is 235 Å². The maximum absolute atomic E-state index is 13.7. The third-order valence-corrected chi connectivity index (χ3v) is 7.80. The number of hydrogen-bond acceptors (Lipinski definition) is 7. The number of carboxylic acids is 1. The van der Waals surface area contributed by atoms with Gasteiger partial charge in [-0.2, -0.15) is 0 Å². The number of amides is 2. The Balaban J connectivity index is 1.60. The van der Waals surface area contributed by atoms with Crippen molar-refractivity contribution in [3.05, 3.63) is 59.2 Å². The average molecular weight is 553 g/mol. The molecule has 4 rings (SSSR count). The third kappa shape index (κ3) is 6.99. The van der Waals surface area contributed by atoms with E-state index in [0.717, 1.165) is 31.5 Å². The SMILES string of the molecule is C[C@@H]1CN([C@@H](C)CO)C(=O)c2cccc(NC(=O)C3CCNCC3)c2O[C@H]1CN(C)Cc1ccc(C(=O)O)cc1. The molecule has 2 aromatic rings. The van der Waals surface area contributed by atoms with E-state index in [2.05, 4.69) is 15.5 Å². The Bertz CT molecular complexity index is 1200.